The van der Waals surface area contributed by atoms with Gasteiger partial charge in [0.05, 0.1) is 0 Å². The van der Waals surface area contributed by atoms with E-state index in [1.54, 1.807) is 52.0 Å². The smallest absolute Gasteiger partial charge is 0.328 e. The zero-order valence-electron chi connectivity index (χ0n) is 14.7. The number of imide groups is 1. The number of carbonyl (C=O) groups is 3. The Balaban J connectivity index is 2.60. The number of carboxylic acids is 1. The molecule has 25 heavy (non-hydrogen) atoms. The molecule has 1 aromatic carbocycles. The minimum atomic E-state index is -1.35. The number of carboxylic acid groups (broad SMARTS) is 1. The molecular formula is C17H22N4O4. The van der Waals surface area contributed by atoms with Gasteiger partial charge in [0, 0.05) is 11.1 Å². The monoisotopic (exact) mass is 346 g/mol. The van der Waals surface area contributed by atoms with E-state index in [2.05, 4.69) is 0 Å². The van der Waals surface area contributed by atoms with Crippen LogP contribution in [0.3, 0.4) is 0 Å². The van der Waals surface area contributed by atoms with Gasteiger partial charge in [-0.3, -0.25) is 19.9 Å². The van der Waals surface area contributed by atoms with E-state index in [0.29, 0.717) is 11.1 Å². The maximum Gasteiger partial charge on any atom is 0.328 e. The molecule has 0 bridgehead atoms. The van der Waals surface area contributed by atoms with Gasteiger partial charge in [0.15, 0.2) is 0 Å². The molecule has 1 atom stereocenters. The molecule has 4 N–H and O–H groups in total. The van der Waals surface area contributed by atoms with Gasteiger partial charge in [0.25, 0.3) is 5.91 Å². The number of amidine groups is 1. The molecule has 1 fully saturated rings. The van der Waals surface area contributed by atoms with Crippen LogP contribution in [0.15, 0.2) is 24.3 Å². The zero-order chi connectivity index (χ0) is 19.2. The molecule has 1 aromatic rings. The van der Waals surface area contributed by atoms with Gasteiger partial charge in [0.2, 0.25) is 0 Å². The van der Waals surface area contributed by atoms with E-state index in [1.165, 1.54) is 4.90 Å². The molecule has 8 heteroatoms. The Kier molecular flexibility index (Phi) is 4.33. The number of benzene rings is 1. The lowest BCUT2D eigenvalue weighted by Gasteiger charge is -2.41. The van der Waals surface area contributed by atoms with Crippen LogP contribution >= 0.6 is 0 Å². The Hall–Kier alpha value is -2.90. The predicted molar refractivity (Wildman–Crippen MR) is 91.1 cm³/mol. The van der Waals surface area contributed by atoms with Crippen molar-refractivity contribution in [3.05, 3.63) is 35.4 Å². The van der Waals surface area contributed by atoms with Gasteiger partial charge in [-0.2, -0.15) is 0 Å². The maximum atomic E-state index is 13.0. The van der Waals surface area contributed by atoms with Crippen molar-refractivity contribution >= 4 is 23.7 Å². The van der Waals surface area contributed by atoms with E-state index >= 15 is 0 Å². The first-order valence-electron chi connectivity index (χ1n) is 7.73. The second kappa shape index (κ2) is 5.87. The van der Waals surface area contributed by atoms with Gasteiger partial charge < -0.3 is 15.7 Å². The number of nitrogens with zero attached hydrogens (tertiary/aromatic N) is 2. The SMILES string of the molecule is CC(C)(C)N1C(=O)N(CC(=O)O)C(=O)[C@]1(C)c1ccc(C(=N)N)cc1. The van der Waals surface area contributed by atoms with Crippen molar-refractivity contribution in [2.75, 3.05) is 6.54 Å². The molecule has 0 spiro atoms. The van der Waals surface area contributed by atoms with Crippen molar-refractivity contribution in [1.29, 1.82) is 5.41 Å². The molecule has 1 heterocycles. The first-order valence-corrected chi connectivity index (χ1v) is 7.73. The van der Waals surface area contributed by atoms with Crippen molar-refractivity contribution in [3.8, 4) is 0 Å². The summed E-state index contributed by atoms with van der Waals surface area (Å²) in [5.41, 5.74) is 4.41. The number of rotatable bonds is 4. The summed E-state index contributed by atoms with van der Waals surface area (Å²) in [6.45, 7) is 6.26. The molecule has 0 saturated carbocycles. The fraction of sp³-hybridized carbons (Fsp3) is 0.412. The maximum absolute atomic E-state index is 13.0. The lowest BCUT2D eigenvalue weighted by atomic mass is 9.86. The van der Waals surface area contributed by atoms with Crippen LogP contribution in [0.25, 0.3) is 0 Å². The second-order valence-electron chi connectivity index (χ2n) is 7.14. The normalized spacial score (nSPS) is 21.0. The van der Waals surface area contributed by atoms with Crippen molar-refractivity contribution in [2.24, 2.45) is 5.73 Å². The van der Waals surface area contributed by atoms with Crippen LogP contribution in [0.4, 0.5) is 4.79 Å². The molecule has 3 amide bonds. The molecule has 1 saturated heterocycles. The summed E-state index contributed by atoms with van der Waals surface area (Å²) in [7, 11) is 0. The predicted octanol–water partition coefficient (Wildman–Crippen LogP) is 1.33. The number of nitrogen functional groups attached to an aromatic ring is 1. The number of hydrogen-bond donors (Lipinski definition) is 3. The summed E-state index contributed by atoms with van der Waals surface area (Å²) >= 11 is 0. The van der Waals surface area contributed by atoms with Crippen LogP contribution in [-0.2, 0) is 15.1 Å². The fourth-order valence-electron chi connectivity index (χ4n) is 3.22. The van der Waals surface area contributed by atoms with Crippen LogP contribution in [0.2, 0.25) is 0 Å². The van der Waals surface area contributed by atoms with Crippen molar-refractivity contribution in [3.63, 3.8) is 0 Å². The average molecular weight is 346 g/mol. The molecule has 134 valence electrons. The number of nitrogens with one attached hydrogen (secondary N) is 1. The summed E-state index contributed by atoms with van der Waals surface area (Å²) in [5.74, 6) is -1.96. The van der Waals surface area contributed by atoms with Gasteiger partial charge in [0.1, 0.15) is 17.9 Å². The molecular weight excluding hydrogens is 324 g/mol. The third kappa shape index (κ3) is 2.95. The highest BCUT2D eigenvalue weighted by Gasteiger charge is 2.58. The highest BCUT2D eigenvalue weighted by molar-refractivity contribution is 6.09. The van der Waals surface area contributed by atoms with E-state index in [0.717, 1.165) is 4.90 Å². The highest BCUT2D eigenvalue weighted by atomic mass is 16.4. The third-order valence-corrected chi connectivity index (χ3v) is 4.25. The van der Waals surface area contributed by atoms with Crippen LogP contribution in [0, 0.1) is 5.41 Å². The summed E-state index contributed by atoms with van der Waals surface area (Å²) in [6.07, 6.45) is 0. The fourth-order valence-corrected chi connectivity index (χ4v) is 3.22. The van der Waals surface area contributed by atoms with E-state index in [1.807, 2.05) is 0 Å². The first kappa shape index (κ1) is 18.4. The topological polar surface area (TPSA) is 128 Å². The number of urea groups is 1. The minimum absolute atomic E-state index is 0.106. The minimum Gasteiger partial charge on any atom is -0.480 e. The number of nitrogens with two attached hydrogens (primary N) is 1. The largest absolute Gasteiger partial charge is 0.480 e. The molecule has 1 aliphatic heterocycles. The van der Waals surface area contributed by atoms with Gasteiger partial charge in [-0.05, 0) is 33.3 Å². The zero-order valence-corrected chi connectivity index (χ0v) is 14.7. The van der Waals surface area contributed by atoms with Gasteiger partial charge in [-0.25, -0.2) is 4.79 Å². The number of amides is 3. The molecule has 1 aliphatic rings. The van der Waals surface area contributed by atoms with Crippen LogP contribution in [0.5, 0.6) is 0 Å². The summed E-state index contributed by atoms with van der Waals surface area (Å²) < 4.78 is 0. The van der Waals surface area contributed by atoms with Gasteiger partial charge in [-0.1, -0.05) is 24.3 Å². The quantitative estimate of drug-likeness (QED) is 0.430. The Bertz CT molecular complexity index is 751. The van der Waals surface area contributed by atoms with Crippen molar-refractivity contribution in [2.45, 2.75) is 38.8 Å². The summed E-state index contributed by atoms with van der Waals surface area (Å²) in [4.78, 5) is 39.0. The van der Waals surface area contributed by atoms with Crippen LogP contribution in [-0.4, -0.2) is 50.7 Å². The Morgan fingerprint density at radius 2 is 1.76 bits per heavy atom. The second-order valence-corrected chi connectivity index (χ2v) is 7.14. The van der Waals surface area contributed by atoms with E-state index in [4.69, 9.17) is 16.2 Å². The lowest BCUT2D eigenvalue weighted by Crippen LogP contribution is -2.53. The van der Waals surface area contributed by atoms with E-state index < -0.39 is 35.5 Å². The first-order chi connectivity index (χ1) is 11.4. The Morgan fingerprint density at radius 1 is 1.24 bits per heavy atom. The summed E-state index contributed by atoms with van der Waals surface area (Å²) in [6, 6.07) is 5.82. The van der Waals surface area contributed by atoms with Gasteiger partial charge >= 0.3 is 12.0 Å². The van der Waals surface area contributed by atoms with Crippen LogP contribution < -0.4 is 5.73 Å². The molecule has 8 nitrogen and oxygen atoms in total. The molecule has 2 rings (SSSR count). The number of carbonyl (C=O) groups excluding carboxylic acids is 2. The van der Waals surface area contributed by atoms with Crippen LogP contribution in [0.1, 0.15) is 38.8 Å². The summed E-state index contributed by atoms with van der Waals surface area (Å²) in [5, 5.41) is 16.5. The number of aliphatic carboxylic acids is 1. The number of hydrogen-bond acceptors (Lipinski definition) is 4. The Morgan fingerprint density at radius 3 is 2.16 bits per heavy atom. The van der Waals surface area contributed by atoms with Gasteiger partial charge in [-0.15, -0.1) is 0 Å². The molecule has 0 aromatic heterocycles. The molecule has 0 aliphatic carbocycles. The standard InChI is InChI=1S/C17H22N4O4/c1-16(2,3)21-15(25)20(9-12(22)23)14(24)17(21,4)11-7-5-10(6-8-11)13(18)19/h5-8H,9H2,1-4H3,(H3,18,19)(H,22,23)/t17-/m0/s1. The molecule has 0 unspecified atom stereocenters. The highest BCUT2D eigenvalue weighted by Crippen LogP contribution is 2.41. The average Bonchev–Trinajstić information content (AvgIpc) is 2.68. The third-order valence-electron chi connectivity index (χ3n) is 4.25. The van der Waals surface area contributed by atoms with Crippen molar-refractivity contribution in [1.82, 2.24) is 9.80 Å². The Labute approximate surface area is 145 Å². The van der Waals surface area contributed by atoms with Crippen molar-refractivity contribution < 1.29 is 19.5 Å². The lowest BCUT2D eigenvalue weighted by molar-refractivity contribution is -0.143. The van der Waals surface area contributed by atoms with E-state index in [9.17, 15) is 14.4 Å². The molecule has 0 radical (unpaired) electrons. The van der Waals surface area contributed by atoms with E-state index in [-0.39, 0.29) is 5.84 Å².